The number of ether oxygens (including phenoxy) is 1. The second-order valence-corrected chi connectivity index (χ2v) is 8.68. The molecule has 0 spiro atoms. The van der Waals surface area contributed by atoms with Crippen LogP contribution in [0.1, 0.15) is 6.92 Å². The lowest BCUT2D eigenvalue weighted by Gasteiger charge is -2.10. The van der Waals surface area contributed by atoms with Crippen molar-refractivity contribution < 1.29 is 9.53 Å². The Kier molecular flexibility index (Phi) is 6.04. The van der Waals surface area contributed by atoms with Gasteiger partial charge in [-0.25, -0.2) is 14.5 Å². The first kappa shape index (κ1) is 22.1. The molecule has 5 aromatic rings. The molecule has 34 heavy (non-hydrogen) atoms. The van der Waals surface area contributed by atoms with Crippen LogP contribution in [0.3, 0.4) is 0 Å². The Morgan fingerprint density at radius 2 is 1.85 bits per heavy atom. The van der Waals surface area contributed by atoms with Gasteiger partial charge in [-0.1, -0.05) is 65.8 Å². The Bertz CT molecular complexity index is 1570. The van der Waals surface area contributed by atoms with Gasteiger partial charge < -0.3 is 4.74 Å². The standard InChI is InChI=1S/C24H18ClN5O3S/c1-2-33-19(31)13-34-24-29-28-23-27-21-20(22(32)30(23)24)17(14-8-10-16(25)11-9-14)12-18(26-21)15-6-4-3-5-7-15/h3-12H,2,13H2,1H3,(H,26,27,28). The number of pyridine rings is 1. The number of halogens is 1. The largest absolute Gasteiger partial charge is 0.465 e. The van der Waals surface area contributed by atoms with Crippen LogP contribution in [0.15, 0.2) is 70.6 Å². The van der Waals surface area contributed by atoms with Gasteiger partial charge in [0.25, 0.3) is 5.56 Å². The van der Waals surface area contributed by atoms with E-state index in [9.17, 15) is 9.59 Å². The number of benzene rings is 2. The Balaban J connectivity index is 1.74. The summed E-state index contributed by atoms with van der Waals surface area (Å²) in [6.45, 7) is 2.02. The number of fused-ring (bicyclic) bond motifs is 2. The Morgan fingerprint density at radius 1 is 1.09 bits per heavy atom. The van der Waals surface area contributed by atoms with Crippen LogP contribution >= 0.6 is 23.4 Å². The number of carbonyl (C=O) groups is 1. The van der Waals surface area contributed by atoms with E-state index in [1.807, 2.05) is 48.5 Å². The number of aromatic nitrogens is 5. The SMILES string of the molecule is CCOC(=O)CSc1n[nH]c2nc3nc(-c4ccccc4)cc(-c4ccc(Cl)cc4)c3c(=O)n12. The lowest BCUT2D eigenvalue weighted by atomic mass is 10.0. The van der Waals surface area contributed by atoms with Crippen molar-refractivity contribution in [1.29, 1.82) is 0 Å². The van der Waals surface area contributed by atoms with Crippen molar-refractivity contribution >= 4 is 46.1 Å². The molecule has 10 heteroatoms. The average molecular weight is 492 g/mol. The number of H-pyrrole nitrogens is 1. The number of hydrogen-bond acceptors (Lipinski definition) is 7. The molecule has 0 saturated carbocycles. The van der Waals surface area contributed by atoms with Crippen LogP contribution in [0.5, 0.6) is 0 Å². The lowest BCUT2D eigenvalue weighted by molar-refractivity contribution is -0.139. The van der Waals surface area contributed by atoms with E-state index < -0.39 is 0 Å². The van der Waals surface area contributed by atoms with Crippen molar-refractivity contribution in [3.05, 3.63) is 76.0 Å². The third kappa shape index (κ3) is 4.15. The van der Waals surface area contributed by atoms with Crippen LogP contribution in [0.4, 0.5) is 0 Å². The summed E-state index contributed by atoms with van der Waals surface area (Å²) < 4.78 is 6.33. The molecule has 8 nitrogen and oxygen atoms in total. The molecule has 170 valence electrons. The van der Waals surface area contributed by atoms with Gasteiger partial charge in [0.15, 0.2) is 10.8 Å². The Hall–Kier alpha value is -3.69. The molecule has 1 N–H and O–H groups in total. The number of esters is 1. The van der Waals surface area contributed by atoms with Crippen LogP contribution in [-0.4, -0.2) is 42.9 Å². The maximum absolute atomic E-state index is 13.7. The van der Waals surface area contributed by atoms with Gasteiger partial charge >= 0.3 is 5.97 Å². The monoisotopic (exact) mass is 491 g/mol. The first-order chi connectivity index (χ1) is 16.5. The minimum absolute atomic E-state index is 0.0213. The number of aromatic amines is 1. The maximum atomic E-state index is 13.7. The van der Waals surface area contributed by atoms with Crippen molar-refractivity contribution in [2.24, 2.45) is 0 Å². The smallest absolute Gasteiger partial charge is 0.316 e. The predicted molar refractivity (Wildman–Crippen MR) is 132 cm³/mol. The van der Waals surface area contributed by atoms with Gasteiger partial charge in [-0.15, -0.1) is 5.10 Å². The summed E-state index contributed by atoms with van der Waals surface area (Å²) >= 11 is 7.20. The van der Waals surface area contributed by atoms with E-state index in [2.05, 4.69) is 20.2 Å². The highest BCUT2D eigenvalue weighted by atomic mass is 35.5. The topological polar surface area (TPSA) is 102 Å². The minimum atomic E-state index is -0.388. The van der Waals surface area contributed by atoms with Crippen LogP contribution < -0.4 is 5.56 Å². The third-order valence-corrected chi connectivity index (χ3v) is 6.30. The van der Waals surface area contributed by atoms with E-state index in [-0.39, 0.29) is 29.7 Å². The molecule has 2 aromatic carbocycles. The molecule has 0 amide bonds. The zero-order chi connectivity index (χ0) is 23.7. The summed E-state index contributed by atoms with van der Waals surface area (Å²) in [5.74, 6) is -0.127. The number of carbonyl (C=O) groups excluding carboxylic acids is 1. The summed E-state index contributed by atoms with van der Waals surface area (Å²) in [7, 11) is 0. The van der Waals surface area contributed by atoms with Gasteiger partial charge in [-0.05, 0) is 30.7 Å². The molecule has 5 rings (SSSR count). The first-order valence-electron chi connectivity index (χ1n) is 10.5. The van der Waals surface area contributed by atoms with E-state index in [0.29, 0.717) is 32.5 Å². The fourth-order valence-corrected chi connectivity index (χ4v) is 4.48. The molecule has 0 aliphatic heterocycles. The number of nitrogens with zero attached hydrogens (tertiary/aromatic N) is 4. The summed E-state index contributed by atoms with van der Waals surface area (Å²) in [5, 5.41) is 8.22. The molecule has 0 fully saturated rings. The molecule has 0 saturated heterocycles. The first-order valence-corrected chi connectivity index (χ1v) is 11.8. The summed E-state index contributed by atoms with van der Waals surface area (Å²) in [4.78, 5) is 34.8. The summed E-state index contributed by atoms with van der Waals surface area (Å²) in [6.07, 6.45) is 0. The quantitative estimate of drug-likeness (QED) is 0.273. The summed E-state index contributed by atoms with van der Waals surface area (Å²) in [6, 6.07) is 18.8. The van der Waals surface area contributed by atoms with Gasteiger partial charge in [0.2, 0.25) is 5.78 Å². The second-order valence-electron chi connectivity index (χ2n) is 7.30. The molecular formula is C24H18ClN5O3S. The van der Waals surface area contributed by atoms with Gasteiger partial charge in [0, 0.05) is 16.1 Å². The van der Waals surface area contributed by atoms with Crippen molar-refractivity contribution in [2.75, 3.05) is 12.4 Å². The highest BCUT2D eigenvalue weighted by Gasteiger charge is 2.19. The van der Waals surface area contributed by atoms with E-state index >= 15 is 0 Å². The minimum Gasteiger partial charge on any atom is -0.465 e. The fraction of sp³-hybridized carbons (Fsp3) is 0.125. The Morgan fingerprint density at radius 3 is 2.59 bits per heavy atom. The molecule has 0 unspecified atom stereocenters. The number of rotatable bonds is 6. The molecule has 0 aliphatic carbocycles. The van der Waals surface area contributed by atoms with Gasteiger partial charge in [0.1, 0.15) is 0 Å². The van der Waals surface area contributed by atoms with Crippen molar-refractivity contribution in [3.63, 3.8) is 0 Å². The molecule has 0 bridgehead atoms. The van der Waals surface area contributed by atoms with Crippen LogP contribution in [0.2, 0.25) is 5.02 Å². The number of nitrogens with one attached hydrogen (secondary N) is 1. The lowest BCUT2D eigenvalue weighted by Crippen LogP contribution is -2.17. The van der Waals surface area contributed by atoms with Crippen molar-refractivity contribution in [1.82, 2.24) is 24.6 Å². The zero-order valence-electron chi connectivity index (χ0n) is 18.0. The van der Waals surface area contributed by atoms with E-state index in [1.54, 1.807) is 19.1 Å². The molecular weight excluding hydrogens is 474 g/mol. The molecule has 3 heterocycles. The van der Waals surface area contributed by atoms with Crippen LogP contribution in [0, 0.1) is 0 Å². The highest BCUT2D eigenvalue weighted by molar-refractivity contribution is 7.99. The molecule has 0 radical (unpaired) electrons. The number of thioether (sulfide) groups is 1. The summed E-state index contributed by atoms with van der Waals surface area (Å²) in [5.41, 5.74) is 3.02. The third-order valence-electron chi connectivity index (χ3n) is 5.13. The second kappa shape index (κ2) is 9.28. The molecule has 0 aliphatic rings. The Labute approximate surface area is 203 Å². The van der Waals surface area contributed by atoms with Crippen LogP contribution in [-0.2, 0) is 9.53 Å². The van der Waals surface area contributed by atoms with Crippen molar-refractivity contribution in [3.8, 4) is 22.4 Å². The highest BCUT2D eigenvalue weighted by Crippen LogP contribution is 2.31. The maximum Gasteiger partial charge on any atom is 0.316 e. The van der Waals surface area contributed by atoms with Crippen LogP contribution in [0.25, 0.3) is 39.2 Å². The number of hydrogen-bond donors (Lipinski definition) is 1. The molecule has 0 atom stereocenters. The van der Waals surface area contributed by atoms with Gasteiger partial charge in [0.05, 0.1) is 23.4 Å². The van der Waals surface area contributed by atoms with Gasteiger partial charge in [-0.3, -0.25) is 9.59 Å². The average Bonchev–Trinajstić information content (AvgIpc) is 3.26. The van der Waals surface area contributed by atoms with E-state index in [4.69, 9.17) is 16.3 Å². The predicted octanol–water partition coefficient (Wildman–Crippen LogP) is 4.61. The molecule has 3 aromatic heterocycles. The van der Waals surface area contributed by atoms with E-state index in [0.717, 1.165) is 22.9 Å². The zero-order valence-corrected chi connectivity index (χ0v) is 19.6. The normalized spacial score (nSPS) is 11.2. The van der Waals surface area contributed by atoms with Crippen molar-refractivity contribution in [2.45, 2.75) is 12.1 Å². The van der Waals surface area contributed by atoms with Gasteiger partial charge in [-0.2, -0.15) is 4.98 Å². The van der Waals surface area contributed by atoms with E-state index in [1.165, 1.54) is 4.40 Å². The fourth-order valence-electron chi connectivity index (χ4n) is 3.62.